The van der Waals surface area contributed by atoms with Crippen LogP contribution in [0, 0.1) is 0 Å². The van der Waals surface area contributed by atoms with Crippen LogP contribution in [0.25, 0.3) is 0 Å². The first kappa shape index (κ1) is 10.5. The van der Waals surface area contributed by atoms with E-state index in [-0.39, 0.29) is 11.1 Å². The fourth-order valence-electron chi connectivity index (χ4n) is 1.50. The summed E-state index contributed by atoms with van der Waals surface area (Å²) in [5.41, 5.74) is 0.848. The lowest BCUT2D eigenvalue weighted by atomic mass is 10.1. The van der Waals surface area contributed by atoms with Crippen molar-refractivity contribution in [3.8, 4) is 0 Å². The first-order valence-electron chi connectivity index (χ1n) is 4.39. The highest BCUT2D eigenvalue weighted by molar-refractivity contribution is 6.01. The highest BCUT2D eigenvalue weighted by Gasteiger charge is 2.20. The Bertz CT molecular complexity index is 336. The van der Waals surface area contributed by atoms with Crippen molar-refractivity contribution >= 4 is 11.9 Å². The first-order valence-corrected chi connectivity index (χ1v) is 4.39. The maximum atomic E-state index is 10.8. The number of aliphatic carboxylic acids is 2. The van der Waals surface area contributed by atoms with E-state index in [0.717, 1.165) is 12.0 Å². The van der Waals surface area contributed by atoms with Gasteiger partial charge in [-0.1, -0.05) is 5.57 Å². The summed E-state index contributed by atoms with van der Waals surface area (Å²) in [4.78, 5) is 21.6. The van der Waals surface area contributed by atoms with Gasteiger partial charge in [-0.15, -0.1) is 0 Å². The Morgan fingerprint density at radius 1 is 1.21 bits per heavy atom. The molecule has 2 N–H and O–H groups in total. The molecule has 0 atom stereocenters. The molecule has 0 spiro atoms. The molecule has 0 unspecified atom stereocenters. The fraction of sp³-hybridized carbons (Fsp3) is 0.400. The molecule has 76 valence electrons. The van der Waals surface area contributed by atoms with E-state index in [9.17, 15) is 9.59 Å². The van der Waals surface area contributed by atoms with Gasteiger partial charge < -0.3 is 10.2 Å². The van der Waals surface area contributed by atoms with Crippen molar-refractivity contribution in [1.82, 2.24) is 0 Å². The van der Waals surface area contributed by atoms with Crippen molar-refractivity contribution in [1.29, 1.82) is 0 Å². The number of rotatable bonds is 2. The average molecular weight is 196 g/mol. The van der Waals surface area contributed by atoms with Gasteiger partial charge in [0.2, 0.25) is 0 Å². The zero-order chi connectivity index (χ0) is 10.7. The van der Waals surface area contributed by atoms with Crippen LogP contribution in [0.4, 0.5) is 0 Å². The molecule has 0 radical (unpaired) electrons. The number of carboxylic acids is 2. The summed E-state index contributed by atoms with van der Waals surface area (Å²) in [6, 6.07) is 0. The summed E-state index contributed by atoms with van der Waals surface area (Å²) >= 11 is 0. The van der Waals surface area contributed by atoms with Crippen LogP contribution in [0.15, 0.2) is 22.8 Å². The summed E-state index contributed by atoms with van der Waals surface area (Å²) in [7, 11) is 0. The summed E-state index contributed by atoms with van der Waals surface area (Å²) < 4.78 is 0. The minimum atomic E-state index is -1.16. The maximum Gasteiger partial charge on any atom is 0.336 e. The standard InChI is InChI=1S/C10H12O4/c1-6-3-2-4-7(9(11)12)8(5-6)10(13)14/h5H,2-4H2,1H3,(H,11,12)(H,13,14). The molecule has 0 amide bonds. The molecule has 0 aromatic rings. The SMILES string of the molecule is CC1=CC(C(=O)O)=C(C(=O)O)CCC1. The molecule has 0 heterocycles. The van der Waals surface area contributed by atoms with Crippen LogP contribution in [0.5, 0.6) is 0 Å². The van der Waals surface area contributed by atoms with Gasteiger partial charge in [-0.05, 0) is 32.3 Å². The maximum absolute atomic E-state index is 10.8. The lowest BCUT2D eigenvalue weighted by Crippen LogP contribution is -2.09. The Kier molecular flexibility index (Phi) is 3.06. The molecule has 0 aromatic carbocycles. The van der Waals surface area contributed by atoms with Gasteiger partial charge in [0, 0.05) is 0 Å². The second-order valence-corrected chi connectivity index (χ2v) is 3.35. The Morgan fingerprint density at radius 2 is 1.86 bits per heavy atom. The summed E-state index contributed by atoms with van der Waals surface area (Å²) in [6.07, 6.45) is 3.23. The van der Waals surface area contributed by atoms with Gasteiger partial charge in [0.05, 0.1) is 11.1 Å². The first-order chi connectivity index (χ1) is 6.52. The summed E-state index contributed by atoms with van der Waals surface area (Å²) in [5, 5.41) is 17.7. The Morgan fingerprint density at radius 3 is 2.36 bits per heavy atom. The molecular formula is C10H12O4. The lowest BCUT2D eigenvalue weighted by molar-refractivity contribution is -0.135. The van der Waals surface area contributed by atoms with Gasteiger partial charge in [0.25, 0.3) is 0 Å². The van der Waals surface area contributed by atoms with E-state index in [1.165, 1.54) is 6.08 Å². The van der Waals surface area contributed by atoms with E-state index in [1.807, 2.05) is 6.92 Å². The molecule has 0 bridgehead atoms. The lowest BCUT2D eigenvalue weighted by Gasteiger charge is -2.01. The van der Waals surface area contributed by atoms with E-state index >= 15 is 0 Å². The van der Waals surface area contributed by atoms with Crippen molar-refractivity contribution in [2.75, 3.05) is 0 Å². The number of carbonyl (C=O) groups is 2. The highest BCUT2D eigenvalue weighted by Crippen LogP contribution is 2.23. The minimum Gasteiger partial charge on any atom is -0.478 e. The Balaban J connectivity index is 3.20. The molecule has 0 aliphatic heterocycles. The van der Waals surface area contributed by atoms with Crippen LogP contribution in [-0.4, -0.2) is 22.2 Å². The average Bonchev–Trinajstić information content (AvgIpc) is 2.26. The molecule has 4 nitrogen and oxygen atoms in total. The third-order valence-corrected chi connectivity index (χ3v) is 2.20. The molecule has 0 aromatic heterocycles. The van der Waals surface area contributed by atoms with Crippen molar-refractivity contribution in [3.05, 3.63) is 22.8 Å². The Hall–Kier alpha value is -1.58. The zero-order valence-corrected chi connectivity index (χ0v) is 7.91. The van der Waals surface area contributed by atoms with Crippen molar-refractivity contribution in [2.24, 2.45) is 0 Å². The molecular weight excluding hydrogens is 184 g/mol. The number of carboxylic acid groups (broad SMARTS) is 2. The Labute approximate surface area is 81.6 Å². The zero-order valence-electron chi connectivity index (χ0n) is 7.91. The van der Waals surface area contributed by atoms with Crippen LogP contribution in [0.2, 0.25) is 0 Å². The molecule has 0 saturated carbocycles. The molecule has 14 heavy (non-hydrogen) atoms. The van der Waals surface area contributed by atoms with Crippen LogP contribution < -0.4 is 0 Å². The van der Waals surface area contributed by atoms with Crippen LogP contribution >= 0.6 is 0 Å². The largest absolute Gasteiger partial charge is 0.478 e. The molecule has 4 heteroatoms. The minimum absolute atomic E-state index is 0.00866. The van der Waals surface area contributed by atoms with E-state index < -0.39 is 11.9 Å². The molecule has 0 fully saturated rings. The normalized spacial score (nSPS) is 17.4. The van der Waals surface area contributed by atoms with Crippen molar-refractivity contribution < 1.29 is 19.8 Å². The van der Waals surface area contributed by atoms with Crippen LogP contribution in [0.1, 0.15) is 26.2 Å². The van der Waals surface area contributed by atoms with Gasteiger partial charge >= 0.3 is 11.9 Å². The monoisotopic (exact) mass is 196 g/mol. The van der Waals surface area contributed by atoms with E-state index in [1.54, 1.807) is 0 Å². The topological polar surface area (TPSA) is 74.6 Å². The third kappa shape index (κ3) is 2.22. The van der Waals surface area contributed by atoms with Gasteiger partial charge in [0.1, 0.15) is 0 Å². The van der Waals surface area contributed by atoms with Gasteiger partial charge in [0.15, 0.2) is 0 Å². The number of hydrogen-bond acceptors (Lipinski definition) is 2. The quantitative estimate of drug-likeness (QED) is 0.703. The van der Waals surface area contributed by atoms with Crippen molar-refractivity contribution in [2.45, 2.75) is 26.2 Å². The molecule has 1 aliphatic rings. The van der Waals surface area contributed by atoms with Crippen LogP contribution in [-0.2, 0) is 9.59 Å². The second-order valence-electron chi connectivity index (χ2n) is 3.35. The molecule has 1 aliphatic carbocycles. The molecule has 1 rings (SSSR count). The highest BCUT2D eigenvalue weighted by atomic mass is 16.4. The number of hydrogen-bond donors (Lipinski definition) is 2. The second kappa shape index (κ2) is 4.09. The van der Waals surface area contributed by atoms with E-state index in [2.05, 4.69) is 0 Å². The van der Waals surface area contributed by atoms with Gasteiger partial charge in [-0.3, -0.25) is 0 Å². The summed E-state index contributed by atoms with van der Waals surface area (Å²) in [6.45, 7) is 1.81. The van der Waals surface area contributed by atoms with Gasteiger partial charge in [-0.2, -0.15) is 0 Å². The summed E-state index contributed by atoms with van der Waals surface area (Å²) in [5.74, 6) is -2.29. The predicted molar refractivity (Wildman–Crippen MR) is 49.9 cm³/mol. The van der Waals surface area contributed by atoms with E-state index in [4.69, 9.17) is 10.2 Å². The van der Waals surface area contributed by atoms with E-state index in [0.29, 0.717) is 12.8 Å². The fourth-order valence-corrected chi connectivity index (χ4v) is 1.50. The smallest absolute Gasteiger partial charge is 0.336 e. The van der Waals surface area contributed by atoms with Gasteiger partial charge in [-0.25, -0.2) is 9.59 Å². The third-order valence-electron chi connectivity index (χ3n) is 2.20. The molecule has 0 saturated heterocycles. The van der Waals surface area contributed by atoms with Crippen LogP contribution in [0.3, 0.4) is 0 Å². The number of allylic oxidation sites excluding steroid dienone is 1. The predicted octanol–water partition coefficient (Wildman–Crippen LogP) is 1.58. The van der Waals surface area contributed by atoms with Crippen molar-refractivity contribution in [3.63, 3.8) is 0 Å².